The first kappa shape index (κ1) is 13.2. The van der Waals surface area contributed by atoms with Gasteiger partial charge in [0, 0.05) is 5.56 Å². The molecule has 0 unspecified atom stereocenters. The Hall–Kier alpha value is -2.82. The number of fused-ring (bicyclic) bond motifs is 1. The summed E-state index contributed by atoms with van der Waals surface area (Å²) in [7, 11) is 0. The number of Topliss-reactive ketones (excluding diaryl/α,β-unsaturated/α-hetero) is 1. The van der Waals surface area contributed by atoms with E-state index in [-0.39, 0.29) is 17.9 Å². The van der Waals surface area contributed by atoms with Crippen molar-refractivity contribution in [2.75, 3.05) is 0 Å². The largest absolute Gasteiger partial charge is 0.319 e. The molecule has 0 bridgehead atoms. The average molecular weight is 282 g/mol. The second kappa shape index (κ2) is 5.28. The van der Waals surface area contributed by atoms with E-state index in [4.69, 9.17) is 0 Å². The van der Waals surface area contributed by atoms with Crippen LogP contribution >= 0.6 is 0 Å². The fourth-order valence-electron chi connectivity index (χ4n) is 2.09. The minimum Gasteiger partial charge on any atom is -0.319 e. The smallest absolute Gasteiger partial charge is 0.270 e. The molecule has 0 fully saturated rings. The number of nitrogens with one attached hydrogen (secondary N) is 1. The van der Waals surface area contributed by atoms with E-state index >= 15 is 0 Å². The molecule has 1 N–H and O–H groups in total. The molecule has 0 amide bonds. The van der Waals surface area contributed by atoms with E-state index in [1.54, 1.807) is 24.3 Å². The van der Waals surface area contributed by atoms with Crippen LogP contribution in [0.3, 0.4) is 0 Å². The number of hydrogen-bond acceptors (Lipinski definition) is 3. The normalized spacial score (nSPS) is 10.7. The lowest BCUT2D eigenvalue weighted by Gasteiger charge is -2.03. The molecule has 0 aliphatic heterocycles. The molecule has 0 aliphatic carbocycles. The van der Waals surface area contributed by atoms with Crippen LogP contribution in [0.1, 0.15) is 16.1 Å². The highest BCUT2D eigenvalue weighted by Crippen LogP contribution is 2.10. The Kier molecular flexibility index (Phi) is 3.31. The molecule has 0 atom stereocenters. The van der Waals surface area contributed by atoms with Crippen molar-refractivity contribution in [3.8, 4) is 0 Å². The molecule has 0 radical (unpaired) electrons. The van der Waals surface area contributed by atoms with Gasteiger partial charge in [0.2, 0.25) is 0 Å². The van der Waals surface area contributed by atoms with Gasteiger partial charge >= 0.3 is 0 Å². The third kappa shape index (κ3) is 2.72. The number of nitrogens with zero attached hydrogens (tertiary/aromatic N) is 1. The van der Waals surface area contributed by atoms with Gasteiger partial charge in [-0.05, 0) is 18.2 Å². The molecule has 2 aromatic carbocycles. The van der Waals surface area contributed by atoms with Gasteiger partial charge in [-0.25, -0.2) is 9.37 Å². The van der Waals surface area contributed by atoms with Crippen LogP contribution in [0.2, 0.25) is 0 Å². The van der Waals surface area contributed by atoms with Crippen LogP contribution in [0.4, 0.5) is 4.39 Å². The lowest BCUT2D eigenvalue weighted by atomic mass is 10.1. The first-order valence-electron chi connectivity index (χ1n) is 6.40. The molecule has 3 aromatic rings. The predicted octanol–water partition coefficient (Wildman–Crippen LogP) is 2.49. The van der Waals surface area contributed by atoms with E-state index in [9.17, 15) is 14.0 Å². The zero-order valence-electron chi connectivity index (χ0n) is 11.0. The van der Waals surface area contributed by atoms with E-state index in [1.807, 2.05) is 6.07 Å². The zero-order valence-corrected chi connectivity index (χ0v) is 11.0. The molecule has 21 heavy (non-hydrogen) atoms. The Bertz CT molecular complexity index is 872. The Labute approximate surface area is 119 Å². The number of aromatic amines is 1. The molecule has 1 aromatic heterocycles. The second-order valence-electron chi connectivity index (χ2n) is 4.64. The van der Waals surface area contributed by atoms with Gasteiger partial charge in [-0.1, -0.05) is 30.3 Å². The van der Waals surface area contributed by atoms with Gasteiger partial charge in [0.1, 0.15) is 11.5 Å². The van der Waals surface area contributed by atoms with Crippen LogP contribution in [0.5, 0.6) is 0 Å². The van der Waals surface area contributed by atoms with Crippen LogP contribution in [-0.2, 0) is 6.42 Å². The number of carbonyl (C=O) groups is 1. The summed E-state index contributed by atoms with van der Waals surface area (Å²) >= 11 is 0. The minimum absolute atomic E-state index is 0.0906. The molecule has 104 valence electrons. The summed E-state index contributed by atoms with van der Waals surface area (Å²) in [6, 6.07) is 12.6. The lowest BCUT2D eigenvalue weighted by molar-refractivity contribution is 0.0991. The van der Waals surface area contributed by atoms with E-state index in [0.29, 0.717) is 16.6 Å². The van der Waals surface area contributed by atoms with Crippen molar-refractivity contribution < 1.29 is 9.18 Å². The number of hydrogen-bond donors (Lipinski definition) is 1. The average Bonchev–Trinajstić information content (AvgIpc) is 2.49. The minimum atomic E-state index is -0.475. The summed E-state index contributed by atoms with van der Waals surface area (Å²) in [5.41, 5.74) is 0.945. The Morgan fingerprint density at radius 2 is 1.90 bits per heavy atom. The fourth-order valence-corrected chi connectivity index (χ4v) is 2.09. The molecule has 0 saturated carbocycles. The summed E-state index contributed by atoms with van der Waals surface area (Å²) in [5, 5.41) is 0. The van der Waals surface area contributed by atoms with Gasteiger partial charge in [0.25, 0.3) is 5.56 Å². The van der Waals surface area contributed by atoms with Crippen molar-refractivity contribution in [1.29, 1.82) is 0 Å². The maximum Gasteiger partial charge on any atom is 0.270 e. The second-order valence-corrected chi connectivity index (χ2v) is 4.64. The van der Waals surface area contributed by atoms with Gasteiger partial charge in [0.05, 0.1) is 17.5 Å². The van der Waals surface area contributed by atoms with Gasteiger partial charge in [-0.3, -0.25) is 9.59 Å². The number of rotatable bonds is 3. The van der Waals surface area contributed by atoms with E-state index in [1.165, 1.54) is 18.2 Å². The third-order valence-electron chi connectivity index (χ3n) is 3.15. The summed E-state index contributed by atoms with van der Waals surface area (Å²) in [5.74, 6) is -0.636. The molecule has 0 aliphatic rings. The zero-order chi connectivity index (χ0) is 14.8. The molecule has 0 saturated heterocycles. The Morgan fingerprint density at radius 1 is 1.14 bits per heavy atom. The van der Waals surface area contributed by atoms with Gasteiger partial charge in [-0.2, -0.15) is 0 Å². The highest BCUT2D eigenvalue weighted by Gasteiger charge is 2.12. The molecule has 4 nitrogen and oxygen atoms in total. The lowest BCUT2D eigenvalue weighted by Crippen LogP contribution is -2.19. The van der Waals surface area contributed by atoms with Crippen LogP contribution in [0, 0.1) is 5.82 Å². The van der Waals surface area contributed by atoms with Crippen LogP contribution in [-0.4, -0.2) is 15.8 Å². The molecule has 1 heterocycles. The number of carbonyl (C=O) groups excluding carboxylic acids is 1. The van der Waals surface area contributed by atoms with Crippen LogP contribution in [0.25, 0.3) is 11.0 Å². The van der Waals surface area contributed by atoms with E-state index in [2.05, 4.69) is 9.97 Å². The van der Waals surface area contributed by atoms with Crippen LogP contribution in [0.15, 0.2) is 53.3 Å². The first-order chi connectivity index (χ1) is 10.1. The van der Waals surface area contributed by atoms with E-state index < -0.39 is 11.4 Å². The molecular formula is C16H11FN2O2. The van der Waals surface area contributed by atoms with Crippen LogP contribution < -0.4 is 5.56 Å². The molecular weight excluding hydrogens is 271 g/mol. The monoisotopic (exact) mass is 282 g/mol. The summed E-state index contributed by atoms with van der Waals surface area (Å²) in [4.78, 5) is 30.7. The summed E-state index contributed by atoms with van der Waals surface area (Å²) in [6.45, 7) is 0. The van der Waals surface area contributed by atoms with Crippen molar-refractivity contribution in [3.63, 3.8) is 0 Å². The quantitative estimate of drug-likeness (QED) is 0.751. The standard InChI is InChI=1S/C16H11FN2O2/c17-11-6-7-12-13(8-11)19-16(21)14(18-12)9-15(20)10-4-2-1-3-5-10/h1-8H,9H2,(H,19,21). The van der Waals surface area contributed by atoms with Gasteiger partial charge < -0.3 is 4.98 Å². The maximum absolute atomic E-state index is 13.1. The topological polar surface area (TPSA) is 62.8 Å². The Balaban J connectivity index is 1.98. The number of halogens is 1. The number of aromatic nitrogens is 2. The summed E-state index contributed by atoms with van der Waals surface area (Å²) in [6.07, 6.45) is -0.0906. The predicted molar refractivity (Wildman–Crippen MR) is 76.8 cm³/mol. The maximum atomic E-state index is 13.1. The van der Waals surface area contributed by atoms with Crippen molar-refractivity contribution in [2.24, 2.45) is 0 Å². The van der Waals surface area contributed by atoms with Gasteiger partial charge in [0.15, 0.2) is 5.78 Å². The SMILES string of the molecule is O=C(Cc1nc2ccc(F)cc2[nH]c1=O)c1ccccc1. The van der Waals surface area contributed by atoms with Crippen molar-refractivity contribution in [2.45, 2.75) is 6.42 Å². The highest BCUT2D eigenvalue weighted by atomic mass is 19.1. The molecule has 0 spiro atoms. The third-order valence-corrected chi connectivity index (χ3v) is 3.15. The fraction of sp³-hybridized carbons (Fsp3) is 0.0625. The molecule has 5 heteroatoms. The van der Waals surface area contributed by atoms with E-state index in [0.717, 1.165) is 0 Å². The number of ketones is 1. The number of benzene rings is 2. The molecule has 3 rings (SSSR count). The van der Waals surface area contributed by atoms with Gasteiger partial charge in [-0.15, -0.1) is 0 Å². The highest BCUT2D eigenvalue weighted by molar-refractivity contribution is 5.97. The van der Waals surface area contributed by atoms with Crippen molar-refractivity contribution >= 4 is 16.8 Å². The summed E-state index contributed by atoms with van der Waals surface area (Å²) < 4.78 is 13.1. The van der Waals surface area contributed by atoms with Crippen molar-refractivity contribution in [1.82, 2.24) is 9.97 Å². The first-order valence-corrected chi connectivity index (χ1v) is 6.40. The Morgan fingerprint density at radius 3 is 2.67 bits per heavy atom. The number of H-pyrrole nitrogens is 1. The van der Waals surface area contributed by atoms with Crippen molar-refractivity contribution in [3.05, 3.63) is 76.0 Å².